The number of anilines is 2. The Hall–Kier alpha value is -2.66. The van der Waals surface area contributed by atoms with Crippen LogP contribution >= 0.6 is 0 Å². The summed E-state index contributed by atoms with van der Waals surface area (Å²) in [6.45, 7) is 4.12. The first-order valence-corrected chi connectivity index (χ1v) is 15.8. The lowest BCUT2D eigenvalue weighted by Gasteiger charge is -2.48. The molecule has 3 aliphatic rings. The molecule has 2 bridgehead atoms. The average molecular weight is 607 g/mol. The van der Waals surface area contributed by atoms with E-state index >= 15 is 0 Å². The molecular weight excluding hydrogens is 560 g/mol. The van der Waals surface area contributed by atoms with Gasteiger partial charge in [-0.2, -0.15) is 4.98 Å². The van der Waals surface area contributed by atoms with Crippen LogP contribution < -0.4 is 20.7 Å². The van der Waals surface area contributed by atoms with Crippen molar-refractivity contribution in [3.8, 4) is 5.75 Å². The highest BCUT2D eigenvalue weighted by Gasteiger charge is 2.41. The van der Waals surface area contributed by atoms with Crippen molar-refractivity contribution in [1.29, 1.82) is 0 Å². The molecule has 0 radical (unpaired) electrons. The zero-order chi connectivity index (χ0) is 30.6. The summed E-state index contributed by atoms with van der Waals surface area (Å²) >= 11 is 0. The van der Waals surface area contributed by atoms with Crippen LogP contribution in [0.3, 0.4) is 0 Å². The first kappa shape index (κ1) is 31.8. The molecule has 0 aliphatic heterocycles. The second-order valence-electron chi connectivity index (χ2n) is 13.3. The average Bonchev–Trinajstić information content (AvgIpc) is 2.95. The summed E-state index contributed by atoms with van der Waals surface area (Å²) < 4.78 is 57.1. The van der Waals surface area contributed by atoms with Gasteiger partial charge >= 0.3 is 6.36 Å². The lowest BCUT2D eigenvalue weighted by Crippen LogP contribution is -2.51. The number of para-hydroxylation sites is 1. The van der Waals surface area contributed by atoms with Crippen LogP contribution in [0, 0.1) is 35.4 Å². The lowest BCUT2D eigenvalue weighted by atomic mass is 9.62. The van der Waals surface area contributed by atoms with Gasteiger partial charge in [-0.25, -0.2) is 9.37 Å². The Kier molecular flexibility index (Phi) is 10.3. The normalized spacial score (nSPS) is 29.3. The number of aromatic nitrogens is 2. The molecule has 0 amide bonds. The van der Waals surface area contributed by atoms with Gasteiger partial charge in [0.25, 0.3) is 0 Å². The molecule has 7 nitrogen and oxygen atoms in total. The molecule has 5 atom stereocenters. The van der Waals surface area contributed by atoms with Gasteiger partial charge in [0.05, 0.1) is 6.20 Å². The number of fused-ring (bicyclic) bond motifs is 2. The van der Waals surface area contributed by atoms with E-state index in [0.29, 0.717) is 36.3 Å². The van der Waals surface area contributed by atoms with Crippen LogP contribution in [-0.4, -0.2) is 60.5 Å². The highest BCUT2D eigenvalue weighted by Crippen LogP contribution is 2.45. The van der Waals surface area contributed by atoms with E-state index in [-0.39, 0.29) is 29.6 Å². The Labute approximate surface area is 252 Å². The summed E-state index contributed by atoms with van der Waals surface area (Å²) in [4.78, 5) is 10.6. The van der Waals surface area contributed by atoms with E-state index in [0.717, 1.165) is 37.5 Å². The van der Waals surface area contributed by atoms with Crippen LogP contribution in [0.2, 0.25) is 0 Å². The summed E-state index contributed by atoms with van der Waals surface area (Å²) in [6, 6.07) is 7.11. The number of hydrogen-bond acceptors (Lipinski definition) is 7. The molecule has 1 heterocycles. The topological polar surface area (TPSA) is 74.3 Å². The number of ether oxygens (including phenoxy) is 1. The highest BCUT2D eigenvalue weighted by molar-refractivity contribution is 5.43. The fourth-order valence-corrected chi connectivity index (χ4v) is 7.81. The van der Waals surface area contributed by atoms with Crippen molar-refractivity contribution < 1.29 is 22.3 Å². The van der Waals surface area contributed by atoms with Gasteiger partial charge in [0.2, 0.25) is 5.95 Å². The second kappa shape index (κ2) is 14.0. The molecule has 5 rings (SSSR count). The summed E-state index contributed by atoms with van der Waals surface area (Å²) in [5.74, 6) is 2.54. The van der Waals surface area contributed by atoms with Gasteiger partial charge in [0.15, 0.2) is 11.6 Å². The first-order chi connectivity index (χ1) is 20.5. The van der Waals surface area contributed by atoms with Gasteiger partial charge < -0.3 is 25.6 Å². The monoisotopic (exact) mass is 606 g/mol. The fraction of sp³-hybridized carbons (Fsp3) is 0.688. The summed E-state index contributed by atoms with van der Waals surface area (Å²) in [6.07, 6.45) is 6.18. The van der Waals surface area contributed by atoms with E-state index < -0.39 is 12.2 Å². The Morgan fingerprint density at radius 3 is 2.47 bits per heavy atom. The highest BCUT2D eigenvalue weighted by atomic mass is 19.4. The quantitative estimate of drug-likeness (QED) is 0.246. The van der Waals surface area contributed by atoms with Crippen LogP contribution in [0.1, 0.15) is 63.9 Å². The molecule has 3 saturated carbocycles. The Bertz CT molecular complexity index is 1190. The number of rotatable bonds is 11. The number of halogens is 4. The minimum atomic E-state index is -4.79. The standard InChI is InChI=1S/C32H46F4N6O/c1-20-12-22-13-23(15-25(14-22)29(20)37-16-21-8-10-26(11-9-21)42(2)3)17-38-30-27(33)19-40-31(41-30)39-18-24-6-4-5-7-28(24)43-32(34,35)36/h4-7,19-23,25-26,29,37H,8-18H2,1-3H3,(H2,38,39,40,41)/t20-,21?,22?,23-,25-,26?,29+/m1/s1. The van der Waals surface area contributed by atoms with Crippen LogP contribution in [0.5, 0.6) is 5.75 Å². The van der Waals surface area contributed by atoms with Gasteiger partial charge in [0.1, 0.15) is 5.75 Å². The molecule has 1 unspecified atom stereocenters. The predicted octanol–water partition coefficient (Wildman–Crippen LogP) is 6.69. The van der Waals surface area contributed by atoms with E-state index in [9.17, 15) is 17.6 Å². The summed E-state index contributed by atoms with van der Waals surface area (Å²) in [5, 5.41) is 10.1. The van der Waals surface area contributed by atoms with Crippen molar-refractivity contribution in [3.05, 3.63) is 41.8 Å². The Balaban J connectivity index is 1.13. The first-order valence-electron chi connectivity index (χ1n) is 15.8. The Morgan fingerprint density at radius 2 is 1.72 bits per heavy atom. The molecule has 0 saturated heterocycles. The maximum absolute atomic E-state index is 14.7. The third-order valence-corrected chi connectivity index (χ3v) is 9.89. The Morgan fingerprint density at radius 1 is 0.953 bits per heavy atom. The SMILES string of the molecule is C[C@@H]1CC2C[C@@H](CNc3nc(NCc4ccccc4OC(F)(F)F)ncc3F)C[C@@H](C2)[C@H]1NCC1CCC(N(C)C)CC1. The van der Waals surface area contributed by atoms with Crippen molar-refractivity contribution in [2.24, 2.45) is 29.6 Å². The van der Waals surface area contributed by atoms with E-state index in [2.05, 4.69) is 56.6 Å². The van der Waals surface area contributed by atoms with Gasteiger partial charge in [-0.1, -0.05) is 25.1 Å². The number of nitrogens with one attached hydrogen (secondary N) is 3. The fourth-order valence-electron chi connectivity index (χ4n) is 7.81. The van der Waals surface area contributed by atoms with E-state index in [1.807, 2.05) is 0 Å². The molecule has 0 spiro atoms. The predicted molar refractivity (Wildman–Crippen MR) is 160 cm³/mol. The lowest BCUT2D eigenvalue weighted by molar-refractivity contribution is -0.274. The van der Waals surface area contributed by atoms with Gasteiger partial charge in [-0.3, -0.25) is 0 Å². The molecular formula is C32H46F4N6O. The minimum Gasteiger partial charge on any atom is -0.405 e. The van der Waals surface area contributed by atoms with Crippen LogP contribution in [0.25, 0.3) is 0 Å². The van der Waals surface area contributed by atoms with Crippen molar-refractivity contribution in [3.63, 3.8) is 0 Å². The zero-order valence-corrected chi connectivity index (χ0v) is 25.5. The van der Waals surface area contributed by atoms with E-state index in [1.165, 1.54) is 56.7 Å². The van der Waals surface area contributed by atoms with Crippen molar-refractivity contribution in [1.82, 2.24) is 20.2 Å². The molecule has 3 N–H and O–H groups in total. The molecule has 3 fully saturated rings. The molecule has 1 aromatic carbocycles. The number of benzene rings is 1. The van der Waals surface area contributed by atoms with Crippen molar-refractivity contribution >= 4 is 11.8 Å². The van der Waals surface area contributed by atoms with Crippen LogP contribution in [0.15, 0.2) is 30.5 Å². The van der Waals surface area contributed by atoms with Crippen LogP contribution in [0.4, 0.5) is 29.3 Å². The van der Waals surface area contributed by atoms with E-state index in [1.54, 1.807) is 6.07 Å². The number of alkyl halides is 3. The molecule has 238 valence electrons. The number of hydrogen-bond donors (Lipinski definition) is 3. The smallest absolute Gasteiger partial charge is 0.405 e. The molecule has 43 heavy (non-hydrogen) atoms. The van der Waals surface area contributed by atoms with Gasteiger partial charge in [-0.15, -0.1) is 13.2 Å². The largest absolute Gasteiger partial charge is 0.573 e. The maximum Gasteiger partial charge on any atom is 0.573 e. The van der Waals surface area contributed by atoms with Gasteiger partial charge in [-0.05, 0) is 108 Å². The second-order valence-corrected chi connectivity index (χ2v) is 13.3. The molecule has 11 heteroatoms. The minimum absolute atomic E-state index is 0.00697. The number of nitrogens with zero attached hydrogens (tertiary/aromatic N) is 3. The summed E-state index contributed by atoms with van der Waals surface area (Å²) in [5.41, 5.74) is 0.287. The van der Waals surface area contributed by atoms with Crippen molar-refractivity contribution in [2.75, 3.05) is 37.8 Å². The molecule has 1 aromatic heterocycles. The third kappa shape index (κ3) is 8.71. The van der Waals surface area contributed by atoms with E-state index in [4.69, 9.17) is 0 Å². The van der Waals surface area contributed by atoms with Crippen molar-refractivity contribution in [2.45, 2.75) is 83.3 Å². The zero-order valence-electron chi connectivity index (χ0n) is 25.5. The molecule has 2 aromatic rings. The summed E-state index contributed by atoms with van der Waals surface area (Å²) in [7, 11) is 4.38. The van der Waals surface area contributed by atoms with Gasteiger partial charge in [0, 0.05) is 30.7 Å². The molecule has 3 aliphatic carbocycles. The maximum atomic E-state index is 14.7. The third-order valence-electron chi connectivity index (χ3n) is 9.89. The van der Waals surface area contributed by atoms with Crippen LogP contribution in [-0.2, 0) is 6.54 Å².